The predicted octanol–water partition coefficient (Wildman–Crippen LogP) is 8.96. The van der Waals surface area contributed by atoms with Crippen molar-refractivity contribution in [3.05, 3.63) is 80.2 Å². The Bertz CT molecular complexity index is 1160. The number of nitrogens with zero attached hydrogens (tertiary/aromatic N) is 1. The monoisotopic (exact) mass is 525 g/mol. The van der Waals surface area contributed by atoms with Gasteiger partial charge in [0.15, 0.2) is 0 Å². The van der Waals surface area contributed by atoms with Crippen LogP contribution in [-0.2, 0) is 17.4 Å². The van der Waals surface area contributed by atoms with E-state index in [4.69, 9.17) is 0 Å². The normalized spacial score (nSPS) is 12.8. The minimum atomic E-state index is 0.0677. The van der Waals surface area contributed by atoms with Gasteiger partial charge >= 0.3 is 0 Å². The standard InChI is InChI=1S/C27H29Br2N/c1-26(2,3)20-14-24-18(12-22(20)28)19-13-23(29)21(27(4,5)6)15-25(19)30(24)16-17-10-8-7-9-11-17/h7-15H,16H2,1-6H3. The number of hydrogen-bond acceptors (Lipinski definition) is 0. The molecular formula is C27H29Br2N. The molecule has 30 heavy (non-hydrogen) atoms. The summed E-state index contributed by atoms with van der Waals surface area (Å²) in [6, 6.07) is 20.1. The Morgan fingerprint density at radius 1 is 0.667 bits per heavy atom. The maximum Gasteiger partial charge on any atom is 0.0498 e. The molecule has 1 heterocycles. The quantitative estimate of drug-likeness (QED) is 0.245. The molecule has 0 amide bonds. The summed E-state index contributed by atoms with van der Waals surface area (Å²) < 4.78 is 4.85. The van der Waals surface area contributed by atoms with Crippen LogP contribution >= 0.6 is 31.9 Å². The van der Waals surface area contributed by atoms with Gasteiger partial charge in [0.2, 0.25) is 0 Å². The largest absolute Gasteiger partial charge is 0.336 e. The molecule has 0 radical (unpaired) electrons. The molecule has 0 N–H and O–H groups in total. The third kappa shape index (κ3) is 3.87. The molecule has 4 aromatic rings. The first-order chi connectivity index (χ1) is 14.0. The van der Waals surface area contributed by atoms with Crippen LogP contribution < -0.4 is 0 Å². The third-order valence-electron chi connectivity index (χ3n) is 5.84. The minimum Gasteiger partial charge on any atom is -0.336 e. The van der Waals surface area contributed by atoms with Crippen LogP contribution in [-0.4, -0.2) is 4.57 Å². The first kappa shape index (κ1) is 21.6. The van der Waals surface area contributed by atoms with Gasteiger partial charge in [-0.2, -0.15) is 0 Å². The first-order valence-electron chi connectivity index (χ1n) is 10.5. The second kappa shape index (κ2) is 7.53. The van der Waals surface area contributed by atoms with E-state index in [2.05, 4.69) is 133 Å². The lowest BCUT2D eigenvalue weighted by Gasteiger charge is -2.22. The number of rotatable bonds is 2. The van der Waals surface area contributed by atoms with Gasteiger partial charge in [0.05, 0.1) is 0 Å². The molecule has 1 nitrogen and oxygen atoms in total. The van der Waals surface area contributed by atoms with Crippen molar-refractivity contribution in [2.75, 3.05) is 0 Å². The Morgan fingerprint density at radius 2 is 1.10 bits per heavy atom. The third-order valence-corrected chi connectivity index (χ3v) is 7.15. The summed E-state index contributed by atoms with van der Waals surface area (Å²) in [5.74, 6) is 0. The van der Waals surface area contributed by atoms with E-state index in [-0.39, 0.29) is 10.8 Å². The smallest absolute Gasteiger partial charge is 0.0498 e. The second-order valence-electron chi connectivity index (χ2n) is 10.3. The Labute approximate surface area is 196 Å². The number of aromatic nitrogens is 1. The lowest BCUT2D eigenvalue weighted by Crippen LogP contribution is -2.12. The molecule has 0 aliphatic rings. The molecule has 4 rings (SSSR count). The zero-order chi connectivity index (χ0) is 21.8. The lowest BCUT2D eigenvalue weighted by atomic mass is 9.86. The molecule has 3 heteroatoms. The second-order valence-corrected chi connectivity index (χ2v) is 12.0. The van der Waals surface area contributed by atoms with Gasteiger partial charge in [-0.05, 0) is 51.8 Å². The highest BCUT2D eigenvalue weighted by molar-refractivity contribution is 9.10. The number of hydrogen-bond donors (Lipinski definition) is 0. The average Bonchev–Trinajstić information content (AvgIpc) is 2.92. The maximum atomic E-state index is 3.86. The summed E-state index contributed by atoms with van der Waals surface area (Å²) in [5.41, 5.74) is 6.71. The van der Waals surface area contributed by atoms with Crippen LogP contribution in [0.4, 0.5) is 0 Å². The van der Waals surface area contributed by atoms with E-state index in [0.717, 1.165) is 6.54 Å². The molecule has 0 aliphatic carbocycles. The molecule has 0 bridgehead atoms. The van der Waals surface area contributed by atoms with Crippen LogP contribution in [0.25, 0.3) is 21.8 Å². The van der Waals surface area contributed by atoms with Gasteiger partial charge in [0.1, 0.15) is 0 Å². The van der Waals surface area contributed by atoms with Gasteiger partial charge in [-0.25, -0.2) is 0 Å². The summed E-state index contributed by atoms with van der Waals surface area (Å²) >= 11 is 7.72. The summed E-state index contributed by atoms with van der Waals surface area (Å²) in [7, 11) is 0. The minimum absolute atomic E-state index is 0.0677. The van der Waals surface area contributed by atoms with Gasteiger partial charge < -0.3 is 4.57 Å². The molecule has 156 valence electrons. The van der Waals surface area contributed by atoms with Crippen LogP contribution in [0, 0.1) is 0 Å². The highest BCUT2D eigenvalue weighted by Gasteiger charge is 2.23. The molecule has 3 aromatic carbocycles. The molecule has 1 aromatic heterocycles. The molecule has 0 fully saturated rings. The summed E-state index contributed by atoms with van der Waals surface area (Å²) in [4.78, 5) is 0. The van der Waals surface area contributed by atoms with E-state index in [1.807, 2.05) is 0 Å². The topological polar surface area (TPSA) is 4.93 Å². The Hall–Kier alpha value is -1.58. The van der Waals surface area contributed by atoms with Gasteiger partial charge in [-0.15, -0.1) is 0 Å². The Morgan fingerprint density at radius 3 is 1.50 bits per heavy atom. The number of halogens is 2. The number of benzene rings is 3. The average molecular weight is 527 g/mol. The Kier molecular flexibility index (Phi) is 5.43. The molecular weight excluding hydrogens is 498 g/mol. The van der Waals surface area contributed by atoms with E-state index >= 15 is 0 Å². The van der Waals surface area contributed by atoms with Crippen LogP contribution in [0.3, 0.4) is 0 Å². The van der Waals surface area contributed by atoms with Crippen LogP contribution in [0.15, 0.2) is 63.5 Å². The summed E-state index contributed by atoms with van der Waals surface area (Å²) in [6.07, 6.45) is 0. The van der Waals surface area contributed by atoms with E-state index < -0.39 is 0 Å². The summed E-state index contributed by atoms with van der Waals surface area (Å²) in [5, 5.41) is 2.59. The van der Waals surface area contributed by atoms with Crippen molar-refractivity contribution >= 4 is 53.7 Å². The highest BCUT2D eigenvalue weighted by atomic mass is 79.9. The van der Waals surface area contributed by atoms with Gasteiger partial charge in [-0.3, -0.25) is 0 Å². The van der Waals surface area contributed by atoms with Crippen molar-refractivity contribution in [3.8, 4) is 0 Å². The van der Waals surface area contributed by atoms with Gasteiger partial charge in [0.25, 0.3) is 0 Å². The van der Waals surface area contributed by atoms with E-state index in [0.29, 0.717) is 0 Å². The van der Waals surface area contributed by atoms with Crippen molar-refractivity contribution in [3.63, 3.8) is 0 Å². The maximum absolute atomic E-state index is 3.86. The number of fused-ring (bicyclic) bond motifs is 3. The zero-order valence-corrected chi connectivity index (χ0v) is 21.8. The fourth-order valence-corrected chi connectivity index (χ4v) is 6.09. The predicted molar refractivity (Wildman–Crippen MR) is 138 cm³/mol. The van der Waals surface area contributed by atoms with E-state index in [1.165, 1.54) is 47.4 Å². The molecule has 0 aliphatic heterocycles. The van der Waals surface area contributed by atoms with Crippen molar-refractivity contribution in [2.24, 2.45) is 0 Å². The fourth-order valence-electron chi connectivity index (χ4n) is 4.22. The van der Waals surface area contributed by atoms with Gasteiger partial charge in [-0.1, -0.05) is 104 Å². The van der Waals surface area contributed by atoms with Crippen molar-refractivity contribution in [1.29, 1.82) is 0 Å². The molecule has 0 unspecified atom stereocenters. The molecule has 0 saturated carbocycles. The molecule has 0 atom stereocenters. The van der Waals surface area contributed by atoms with Crippen molar-refractivity contribution in [1.82, 2.24) is 4.57 Å². The van der Waals surface area contributed by atoms with E-state index in [1.54, 1.807) is 0 Å². The SMILES string of the molecule is CC(C)(C)c1cc2c(cc1Br)c1cc(Br)c(C(C)(C)C)cc1n2Cc1ccccc1. The Balaban J connectivity index is 2.10. The van der Waals surface area contributed by atoms with Crippen LogP contribution in [0.5, 0.6) is 0 Å². The molecule has 0 spiro atoms. The summed E-state index contributed by atoms with van der Waals surface area (Å²) in [6.45, 7) is 14.5. The first-order valence-corrected chi connectivity index (χ1v) is 12.1. The fraction of sp³-hybridized carbons (Fsp3) is 0.333. The van der Waals surface area contributed by atoms with Crippen molar-refractivity contribution in [2.45, 2.75) is 58.9 Å². The van der Waals surface area contributed by atoms with Crippen LogP contribution in [0.1, 0.15) is 58.2 Å². The van der Waals surface area contributed by atoms with Crippen molar-refractivity contribution < 1.29 is 0 Å². The van der Waals surface area contributed by atoms with E-state index in [9.17, 15) is 0 Å². The lowest BCUT2D eigenvalue weighted by molar-refractivity contribution is 0.587. The highest BCUT2D eigenvalue weighted by Crippen LogP contribution is 2.41. The zero-order valence-electron chi connectivity index (χ0n) is 18.6. The van der Waals surface area contributed by atoms with Crippen LogP contribution in [0.2, 0.25) is 0 Å². The van der Waals surface area contributed by atoms with Gasteiger partial charge in [0, 0.05) is 37.3 Å². The molecule has 0 saturated heterocycles.